The summed E-state index contributed by atoms with van der Waals surface area (Å²) in [6, 6.07) is 13.0. The molecule has 1 atom stereocenters. The molecular formula is C23H18ClN7OS. The molecule has 0 saturated carbocycles. The summed E-state index contributed by atoms with van der Waals surface area (Å²) in [4.78, 5) is 37.2. The van der Waals surface area contributed by atoms with Crippen molar-refractivity contribution in [2.45, 2.75) is 13.0 Å². The van der Waals surface area contributed by atoms with Crippen LogP contribution in [0.5, 0.6) is 0 Å². The van der Waals surface area contributed by atoms with Gasteiger partial charge in [-0.1, -0.05) is 35.9 Å². The Morgan fingerprint density at radius 1 is 1.12 bits per heavy atom. The first-order chi connectivity index (χ1) is 16.1. The van der Waals surface area contributed by atoms with Crippen LogP contribution < -0.4 is 10.5 Å². The number of halogens is 1. The number of para-hydroxylation sites is 1. The van der Waals surface area contributed by atoms with Crippen LogP contribution in [0.2, 0.25) is 5.02 Å². The van der Waals surface area contributed by atoms with Crippen LogP contribution in [-0.4, -0.2) is 41.1 Å². The normalized spacial score (nSPS) is 16.2. The molecule has 5 aromatic rings. The highest BCUT2D eigenvalue weighted by molar-refractivity contribution is 7.99. The molecule has 1 aliphatic heterocycles. The molecule has 4 heterocycles. The van der Waals surface area contributed by atoms with Crippen molar-refractivity contribution in [3.05, 3.63) is 81.9 Å². The highest BCUT2D eigenvalue weighted by Crippen LogP contribution is 2.38. The van der Waals surface area contributed by atoms with Gasteiger partial charge in [-0.05, 0) is 30.7 Å². The van der Waals surface area contributed by atoms with Crippen molar-refractivity contribution in [1.29, 1.82) is 0 Å². The van der Waals surface area contributed by atoms with Gasteiger partial charge in [0.2, 0.25) is 0 Å². The molecule has 0 amide bonds. The lowest BCUT2D eigenvalue weighted by molar-refractivity contribution is 0.667. The number of aryl methyl sites for hydroxylation is 1. The molecule has 0 bridgehead atoms. The van der Waals surface area contributed by atoms with Crippen LogP contribution >= 0.6 is 23.4 Å². The number of H-pyrrole nitrogens is 1. The summed E-state index contributed by atoms with van der Waals surface area (Å²) in [7, 11) is 0. The maximum atomic E-state index is 13.9. The predicted octanol–water partition coefficient (Wildman–Crippen LogP) is 4.27. The number of aromatic nitrogens is 6. The molecule has 1 fully saturated rings. The first-order valence-electron chi connectivity index (χ1n) is 10.4. The molecule has 1 saturated heterocycles. The Hall–Kier alpha value is -3.43. The minimum atomic E-state index is -0.188. The van der Waals surface area contributed by atoms with Crippen molar-refractivity contribution in [3.8, 4) is 5.69 Å². The fourth-order valence-electron chi connectivity index (χ4n) is 4.31. The Morgan fingerprint density at radius 3 is 2.88 bits per heavy atom. The van der Waals surface area contributed by atoms with Crippen LogP contribution in [0.3, 0.4) is 0 Å². The Balaban J connectivity index is 1.63. The van der Waals surface area contributed by atoms with Gasteiger partial charge in [0.05, 0.1) is 39.9 Å². The molecule has 2 aromatic carbocycles. The second-order valence-corrected chi connectivity index (χ2v) is 9.22. The zero-order valence-corrected chi connectivity index (χ0v) is 19.1. The summed E-state index contributed by atoms with van der Waals surface area (Å²) in [5.41, 5.74) is 3.53. The number of fused-ring (bicyclic) bond motifs is 2. The summed E-state index contributed by atoms with van der Waals surface area (Å²) in [6.45, 7) is 1.99. The van der Waals surface area contributed by atoms with Crippen LogP contribution in [0, 0.1) is 6.92 Å². The quantitative estimate of drug-likeness (QED) is 0.416. The molecular weight excluding hydrogens is 458 g/mol. The Labute approximate surface area is 197 Å². The second-order valence-electron chi connectivity index (χ2n) is 7.81. The third kappa shape index (κ3) is 3.19. The number of nitrogens with zero attached hydrogens (tertiary/aromatic N) is 6. The number of thioether (sulfide) groups is 1. The van der Waals surface area contributed by atoms with E-state index in [1.807, 2.05) is 43.3 Å². The van der Waals surface area contributed by atoms with Gasteiger partial charge in [0.1, 0.15) is 17.7 Å². The molecule has 0 radical (unpaired) electrons. The lowest BCUT2D eigenvalue weighted by atomic mass is 10.1. The topological polar surface area (TPSA) is 92.6 Å². The molecule has 3 aromatic heterocycles. The number of hydrogen-bond donors (Lipinski definition) is 1. The van der Waals surface area contributed by atoms with Gasteiger partial charge < -0.3 is 9.88 Å². The van der Waals surface area contributed by atoms with Crippen LogP contribution in [0.15, 0.2) is 59.9 Å². The Bertz CT molecular complexity index is 1580. The molecule has 33 heavy (non-hydrogen) atoms. The van der Waals surface area contributed by atoms with E-state index in [0.717, 1.165) is 28.3 Å². The van der Waals surface area contributed by atoms with Crippen molar-refractivity contribution < 1.29 is 0 Å². The fourth-order valence-corrected chi connectivity index (χ4v) is 5.72. The molecule has 6 rings (SSSR count). The van der Waals surface area contributed by atoms with E-state index in [1.165, 1.54) is 6.33 Å². The van der Waals surface area contributed by atoms with Crippen molar-refractivity contribution >= 4 is 51.2 Å². The standard InChI is InChI=1S/C23H18ClN7OS/c1-13-5-2-3-8-16(13)31-21(29-15-7-4-6-14(24)18(15)23(31)32)17-9-33-12-30(17)22-19-20(26-10-25-19)27-11-28-22/h2-8,10-11,17H,9,12H2,1H3,(H,25,26,27,28). The van der Waals surface area contributed by atoms with Gasteiger partial charge in [-0.3, -0.25) is 9.36 Å². The molecule has 0 aliphatic carbocycles. The van der Waals surface area contributed by atoms with Gasteiger partial charge in [-0.2, -0.15) is 0 Å². The van der Waals surface area contributed by atoms with Crippen LogP contribution in [0.4, 0.5) is 5.82 Å². The van der Waals surface area contributed by atoms with Crippen molar-refractivity contribution in [1.82, 2.24) is 29.5 Å². The summed E-state index contributed by atoms with van der Waals surface area (Å²) in [6.07, 6.45) is 3.13. The van der Waals surface area contributed by atoms with Gasteiger partial charge in [0.25, 0.3) is 5.56 Å². The molecule has 164 valence electrons. The number of benzene rings is 2. The third-order valence-corrected chi connectivity index (χ3v) is 7.21. The third-order valence-electron chi connectivity index (χ3n) is 5.88. The lowest BCUT2D eigenvalue weighted by Crippen LogP contribution is -2.33. The predicted molar refractivity (Wildman–Crippen MR) is 131 cm³/mol. The highest BCUT2D eigenvalue weighted by Gasteiger charge is 2.34. The smallest absolute Gasteiger partial charge is 0.267 e. The zero-order valence-electron chi connectivity index (χ0n) is 17.6. The van der Waals surface area contributed by atoms with E-state index in [2.05, 4.69) is 24.8 Å². The number of rotatable bonds is 3. The van der Waals surface area contributed by atoms with E-state index in [4.69, 9.17) is 16.6 Å². The van der Waals surface area contributed by atoms with Crippen molar-refractivity contribution in [3.63, 3.8) is 0 Å². The van der Waals surface area contributed by atoms with E-state index < -0.39 is 0 Å². The van der Waals surface area contributed by atoms with E-state index in [0.29, 0.717) is 33.3 Å². The maximum Gasteiger partial charge on any atom is 0.267 e. The largest absolute Gasteiger partial charge is 0.340 e. The number of nitrogens with one attached hydrogen (secondary N) is 1. The van der Waals surface area contributed by atoms with Crippen molar-refractivity contribution in [2.75, 3.05) is 16.5 Å². The average molecular weight is 476 g/mol. The van der Waals surface area contributed by atoms with Crippen LogP contribution in [0.25, 0.3) is 27.8 Å². The monoisotopic (exact) mass is 475 g/mol. The number of hydrogen-bond acceptors (Lipinski definition) is 7. The van der Waals surface area contributed by atoms with Gasteiger partial charge >= 0.3 is 0 Å². The van der Waals surface area contributed by atoms with Crippen LogP contribution in [-0.2, 0) is 0 Å². The fraction of sp³-hybridized carbons (Fsp3) is 0.174. The Kier molecular flexibility index (Phi) is 4.81. The molecule has 8 nitrogen and oxygen atoms in total. The molecule has 1 aliphatic rings. The number of anilines is 1. The number of imidazole rings is 1. The van der Waals surface area contributed by atoms with Gasteiger partial charge in [-0.15, -0.1) is 11.8 Å². The number of aromatic amines is 1. The summed E-state index contributed by atoms with van der Waals surface area (Å²) >= 11 is 8.22. The highest BCUT2D eigenvalue weighted by atomic mass is 35.5. The Morgan fingerprint density at radius 2 is 2.00 bits per heavy atom. The minimum absolute atomic E-state index is 0.180. The van der Waals surface area contributed by atoms with E-state index >= 15 is 0 Å². The lowest BCUT2D eigenvalue weighted by Gasteiger charge is -2.27. The van der Waals surface area contributed by atoms with Crippen molar-refractivity contribution in [2.24, 2.45) is 0 Å². The van der Waals surface area contributed by atoms with Gasteiger partial charge in [0.15, 0.2) is 11.5 Å². The van der Waals surface area contributed by atoms with Gasteiger partial charge in [0, 0.05) is 5.75 Å². The van der Waals surface area contributed by atoms with E-state index in [9.17, 15) is 4.79 Å². The molecule has 1 unspecified atom stereocenters. The summed E-state index contributed by atoms with van der Waals surface area (Å²) in [5, 5.41) is 0.813. The minimum Gasteiger partial charge on any atom is -0.340 e. The first-order valence-corrected chi connectivity index (χ1v) is 11.9. The van der Waals surface area contributed by atoms with E-state index in [1.54, 1.807) is 28.7 Å². The van der Waals surface area contributed by atoms with E-state index in [-0.39, 0.29) is 11.6 Å². The second kappa shape index (κ2) is 7.86. The zero-order chi connectivity index (χ0) is 22.5. The molecule has 0 spiro atoms. The molecule has 1 N–H and O–H groups in total. The molecule has 10 heteroatoms. The average Bonchev–Trinajstić information content (AvgIpc) is 3.49. The maximum absolute atomic E-state index is 13.9. The van der Waals surface area contributed by atoms with Gasteiger partial charge in [-0.25, -0.2) is 19.9 Å². The summed E-state index contributed by atoms with van der Waals surface area (Å²) < 4.78 is 1.71. The first kappa shape index (κ1) is 20.2. The summed E-state index contributed by atoms with van der Waals surface area (Å²) in [5.74, 6) is 2.85. The van der Waals surface area contributed by atoms with Crippen LogP contribution in [0.1, 0.15) is 17.4 Å². The SMILES string of the molecule is Cc1ccccc1-n1c(C2CSCN2c2ncnc3nc[nH]c23)nc2cccc(Cl)c2c1=O.